The molecule has 0 spiro atoms. The fraction of sp³-hybridized carbons (Fsp3) is 0. The van der Waals surface area contributed by atoms with Crippen molar-refractivity contribution in [2.75, 3.05) is 0 Å². The molecule has 0 aliphatic carbocycles. The Hall–Kier alpha value is -9.12. The van der Waals surface area contributed by atoms with Crippen LogP contribution in [0, 0.1) is 0 Å². The molecule has 314 valence electrons. The van der Waals surface area contributed by atoms with Crippen molar-refractivity contribution < 1.29 is 0 Å². The maximum absolute atomic E-state index is 5.30. The van der Waals surface area contributed by atoms with E-state index in [1.165, 1.54) is 64.6 Å². The van der Waals surface area contributed by atoms with E-state index in [1.54, 1.807) is 0 Å². The molecule has 0 bridgehead atoms. The summed E-state index contributed by atoms with van der Waals surface area (Å²) in [5, 5.41) is 15.0. The molecule has 0 aliphatic heterocycles. The van der Waals surface area contributed by atoms with E-state index in [0.29, 0.717) is 11.6 Å². The minimum Gasteiger partial charge on any atom is -0.228 e. The lowest BCUT2D eigenvalue weighted by atomic mass is 9.91. The second-order valence-electron chi connectivity index (χ2n) is 17.7. The van der Waals surface area contributed by atoms with Crippen LogP contribution in [0.2, 0.25) is 0 Å². The van der Waals surface area contributed by atoms with Crippen LogP contribution in [-0.4, -0.2) is 19.9 Å². The van der Waals surface area contributed by atoms with Crippen molar-refractivity contribution in [2.24, 2.45) is 0 Å². The quantitative estimate of drug-likeness (QED) is 0.150. The normalized spacial score (nSPS) is 11.8. The van der Waals surface area contributed by atoms with Crippen LogP contribution in [0.15, 0.2) is 231 Å². The molecule has 14 aromatic rings. The summed E-state index contributed by atoms with van der Waals surface area (Å²) >= 11 is 0. The Balaban J connectivity index is 0.832. The van der Waals surface area contributed by atoms with Gasteiger partial charge in [0.15, 0.2) is 11.6 Å². The van der Waals surface area contributed by atoms with Gasteiger partial charge >= 0.3 is 0 Å². The standard InChI is InChI=1S/C64H38N4/c1-3-9-41(10-4-1)55-37-57(51-33-29-47-23-21-43-13-7-15-45-31-35-53(51)61(47)59(43)45)67-63(65-55)49-25-17-39(18-26-49)40-19-27-50(28-20-40)64-66-56(42-11-5-2-6-12-42)38-58(68-64)52-34-30-48-24-22-44-14-8-16-46-32-36-54(52)62(48)60(44)46/h1-38H. The number of aromatic nitrogens is 4. The van der Waals surface area contributed by atoms with Gasteiger partial charge < -0.3 is 0 Å². The molecule has 0 aliphatic rings. The van der Waals surface area contributed by atoms with Gasteiger partial charge in [0, 0.05) is 33.4 Å². The van der Waals surface area contributed by atoms with E-state index in [2.05, 4.69) is 218 Å². The van der Waals surface area contributed by atoms with Crippen LogP contribution >= 0.6 is 0 Å². The summed E-state index contributed by atoms with van der Waals surface area (Å²) in [6.45, 7) is 0. The van der Waals surface area contributed by atoms with Crippen molar-refractivity contribution in [3.8, 4) is 78.9 Å². The zero-order valence-corrected chi connectivity index (χ0v) is 36.7. The topological polar surface area (TPSA) is 51.6 Å². The van der Waals surface area contributed by atoms with Gasteiger partial charge in [0.1, 0.15) is 0 Å². The van der Waals surface area contributed by atoms with E-state index < -0.39 is 0 Å². The Bertz CT molecular complexity index is 3910. The van der Waals surface area contributed by atoms with Crippen molar-refractivity contribution in [3.63, 3.8) is 0 Å². The van der Waals surface area contributed by atoms with E-state index in [0.717, 1.165) is 67.3 Å². The van der Waals surface area contributed by atoms with Gasteiger partial charge in [0.25, 0.3) is 0 Å². The molecule has 14 rings (SSSR count). The summed E-state index contributed by atoms with van der Waals surface area (Å²) in [6, 6.07) is 82.1. The molecule has 4 nitrogen and oxygen atoms in total. The second-order valence-corrected chi connectivity index (χ2v) is 17.7. The number of nitrogens with zero attached hydrogens (tertiary/aromatic N) is 4. The fourth-order valence-corrected chi connectivity index (χ4v) is 10.5. The molecule has 0 unspecified atom stereocenters. The van der Waals surface area contributed by atoms with Crippen molar-refractivity contribution in [2.45, 2.75) is 0 Å². The van der Waals surface area contributed by atoms with Crippen LogP contribution in [0.4, 0.5) is 0 Å². The highest BCUT2D eigenvalue weighted by molar-refractivity contribution is 6.26. The molecule has 0 radical (unpaired) electrons. The maximum Gasteiger partial charge on any atom is 0.160 e. The minimum atomic E-state index is 0.685. The first-order valence-corrected chi connectivity index (χ1v) is 23.1. The number of hydrogen-bond acceptors (Lipinski definition) is 4. The lowest BCUT2D eigenvalue weighted by Gasteiger charge is -2.15. The summed E-state index contributed by atoms with van der Waals surface area (Å²) in [4.78, 5) is 21.0. The number of hydrogen-bond donors (Lipinski definition) is 0. The largest absolute Gasteiger partial charge is 0.228 e. The molecule has 2 aromatic heterocycles. The Morgan fingerprint density at radius 3 is 0.926 bits per heavy atom. The average molecular weight is 863 g/mol. The second kappa shape index (κ2) is 15.2. The van der Waals surface area contributed by atoms with Crippen LogP contribution in [0.25, 0.3) is 144 Å². The first kappa shape index (κ1) is 38.2. The summed E-state index contributed by atoms with van der Waals surface area (Å²) in [7, 11) is 0. The molecular formula is C64H38N4. The first-order chi connectivity index (χ1) is 33.7. The van der Waals surface area contributed by atoms with Crippen LogP contribution in [0.3, 0.4) is 0 Å². The molecule has 0 N–H and O–H groups in total. The predicted octanol–water partition coefficient (Wildman–Crippen LogP) is 16.7. The Morgan fingerprint density at radius 2 is 0.529 bits per heavy atom. The summed E-state index contributed by atoms with van der Waals surface area (Å²) in [5.74, 6) is 1.37. The zero-order valence-electron chi connectivity index (χ0n) is 36.7. The van der Waals surface area contributed by atoms with Gasteiger partial charge in [0.2, 0.25) is 0 Å². The molecule has 0 saturated carbocycles. The number of benzene rings is 12. The predicted molar refractivity (Wildman–Crippen MR) is 283 cm³/mol. The van der Waals surface area contributed by atoms with E-state index in [1.807, 2.05) is 12.1 Å². The van der Waals surface area contributed by atoms with E-state index in [9.17, 15) is 0 Å². The molecule has 68 heavy (non-hydrogen) atoms. The van der Waals surface area contributed by atoms with Gasteiger partial charge in [-0.15, -0.1) is 0 Å². The smallest absolute Gasteiger partial charge is 0.160 e. The van der Waals surface area contributed by atoms with Crippen LogP contribution in [-0.2, 0) is 0 Å². The lowest BCUT2D eigenvalue weighted by molar-refractivity contribution is 1.18. The molecule has 2 heterocycles. The molecule has 4 heteroatoms. The SMILES string of the molecule is c1ccc(-c2cc(-c3ccc4ccc5cccc6ccc3c4c56)nc(-c3ccc(-c4ccc(-c5nc(-c6ccccc6)cc(-c6ccc7ccc8cccc9ccc6c7c89)n5)cc4)cc3)n2)cc1. The van der Waals surface area contributed by atoms with Crippen molar-refractivity contribution in [3.05, 3.63) is 231 Å². The number of rotatable bonds is 7. The van der Waals surface area contributed by atoms with Gasteiger partial charge in [-0.25, -0.2) is 19.9 Å². The highest BCUT2D eigenvalue weighted by Gasteiger charge is 2.18. The van der Waals surface area contributed by atoms with Crippen LogP contribution < -0.4 is 0 Å². The van der Waals surface area contributed by atoms with E-state index in [-0.39, 0.29) is 0 Å². The van der Waals surface area contributed by atoms with Gasteiger partial charge in [0.05, 0.1) is 22.8 Å². The summed E-state index contributed by atoms with van der Waals surface area (Å²) in [5.41, 5.74) is 11.9. The zero-order chi connectivity index (χ0) is 44.7. The average Bonchev–Trinajstić information content (AvgIpc) is 3.42. The highest BCUT2D eigenvalue weighted by atomic mass is 14.9. The Labute approximate surface area is 392 Å². The molecule has 12 aromatic carbocycles. The molecular weight excluding hydrogens is 825 g/mol. The van der Waals surface area contributed by atoms with Gasteiger partial charge in [-0.2, -0.15) is 0 Å². The highest BCUT2D eigenvalue weighted by Crippen LogP contribution is 2.42. The van der Waals surface area contributed by atoms with Crippen LogP contribution in [0.1, 0.15) is 0 Å². The third-order valence-electron chi connectivity index (χ3n) is 13.8. The molecule has 0 fully saturated rings. The minimum absolute atomic E-state index is 0.685. The van der Waals surface area contributed by atoms with Crippen LogP contribution in [0.5, 0.6) is 0 Å². The molecule has 0 saturated heterocycles. The third kappa shape index (κ3) is 6.23. The molecule has 0 amide bonds. The van der Waals surface area contributed by atoms with E-state index >= 15 is 0 Å². The maximum atomic E-state index is 5.30. The Kier molecular flexibility index (Phi) is 8.55. The lowest BCUT2D eigenvalue weighted by Crippen LogP contribution is -1.97. The van der Waals surface area contributed by atoms with Gasteiger partial charge in [-0.1, -0.05) is 218 Å². The van der Waals surface area contributed by atoms with Crippen molar-refractivity contribution >= 4 is 64.6 Å². The summed E-state index contributed by atoms with van der Waals surface area (Å²) < 4.78 is 0. The third-order valence-corrected chi connectivity index (χ3v) is 13.8. The van der Waals surface area contributed by atoms with E-state index in [4.69, 9.17) is 19.9 Å². The molecule has 0 atom stereocenters. The van der Waals surface area contributed by atoms with Crippen molar-refractivity contribution in [1.82, 2.24) is 19.9 Å². The first-order valence-electron chi connectivity index (χ1n) is 23.1. The Morgan fingerprint density at radius 1 is 0.206 bits per heavy atom. The van der Waals surface area contributed by atoms with Gasteiger partial charge in [-0.3, -0.25) is 0 Å². The monoisotopic (exact) mass is 862 g/mol. The summed E-state index contributed by atoms with van der Waals surface area (Å²) in [6.07, 6.45) is 0. The van der Waals surface area contributed by atoms with Gasteiger partial charge in [-0.05, 0) is 87.9 Å². The van der Waals surface area contributed by atoms with Crippen molar-refractivity contribution in [1.29, 1.82) is 0 Å². The fourth-order valence-electron chi connectivity index (χ4n) is 10.5.